The molecule has 1 saturated carbocycles. The number of hydrogen-bond acceptors (Lipinski definition) is 5. The normalized spacial score (nSPS) is 14.1. The summed E-state index contributed by atoms with van der Waals surface area (Å²) >= 11 is 0. The van der Waals surface area contributed by atoms with Gasteiger partial charge >= 0.3 is 5.97 Å². The van der Waals surface area contributed by atoms with Gasteiger partial charge in [-0.15, -0.1) is 0 Å². The highest BCUT2D eigenvalue weighted by Crippen LogP contribution is 2.20. The molecule has 7 nitrogen and oxygen atoms in total. The summed E-state index contributed by atoms with van der Waals surface area (Å²) < 4.78 is 6.48. The molecule has 0 spiro atoms. The molecule has 1 aliphatic carbocycles. The van der Waals surface area contributed by atoms with Crippen molar-refractivity contribution in [3.8, 4) is 0 Å². The molecule has 1 amide bonds. The number of esters is 1. The van der Waals surface area contributed by atoms with Gasteiger partial charge < -0.3 is 20.4 Å². The molecule has 0 saturated heterocycles. The minimum Gasteiger partial charge on any atom is -0.461 e. The predicted octanol–water partition coefficient (Wildman–Crippen LogP) is 0.483. The van der Waals surface area contributed by atoms with Gasteiger partial charge in [0.25, 0.3) is 0 Å². The molecule has 1 fully saturated rings. The van der Waals surface area contributed by atoms with Crippen molar-refractivity contribution in [2.24, 2.45) is 0 Å². The van der Waals surface area contributed by atoms with Crippen LogP contribution < -0.4 is 11.1 Å². The lowest BCUT2D eigenvalue weighted by Gasteiger charge is -2.09. The molecule has 3 N–H and O–H groups in total. The Bertz CT molecular complexity index is 520. The zero-order valence-electron chi connectivity index (χ0n) is 11.8. The topological polar surface area (TPSA) is 99.2 Å². The molecule has 0 unspecified atom stereocenters. The number of carbonyl (C=O) groups is 2. The number of carbonyl (C=O) groups excluding carboxylic acids is 2. The minimum atomic E-state index is -0.555. The Hall–Kier alpha value is -2.05. The fourth-order valence-electron chi connectivity index (χ4n) is 1.95. The van der Waals surface area contributed by atoms with Gasteiger partial charge in [0.05, 0.1) is 6.61 Å². The van der Waals surface area contributed by atoms with Crippen LogP contribution in [0.25, 0.3) is 0 Å². The number of aromatic nitrogens is 2. The summed E-state index contributed by atoms with van der Waals surface area (Å²) in [6.07, 6.45) is 2.64. The van der Waals surface area contributed by atoms with Gasteiger partial charge in [-0.2, -0.15) is 0 Å². The largest absolute Gasteiger partial charge is 0.461 e. The predicted molar refractivity (Wildman–Crippen MR) is 73.1 cm³/mol. The van der Waals surface area contributed by atoms with Gasteiger partial charge in [0.15, 0.2) is 5.69 Å². The van der Waals surface area contributed by atoms with E-state index in [-0.39, 0.29) is 30.6 Å². The molecule has 1 aromatic rings. The Morgan fingerprint density at radius 3 is 2.70 bits per heavy atom. The first kappa shape index (κ1) is 14.4. The fourth-order valence-corrected chi connectivity index (χ4v) is 1.95. The van der Waals surface area contributed by atoms with E-state index in [0.717, 1.165) is 12.8 Å². The molecule has 0 aliphatic heterocycles. The number of amides is 1. The first-order valence-electron chi connectivity index (χ1n) is 6.88. The lowest BCUT2D eigenvalue weighted by molar-refractivity contribution is -0.121. The third-order valence-electron chi connectivity index (χ3n) is 3.12. The Morgan fingerprint density at radius 1 is 1.45 bits per heavy atom. The van der Waals surface area contributed by atoms with Crippen LogP contribution in [-0.4, -0.2) is 34.1 Å². The second-order valence-corrected chi connectivity index (χ2v) is 4.76. The Morgan fingerprint density at radius 2 is 2.15 bits per heavy atom. The van der Waals surface area contributed by atoms with Crippen LogP contribution in [0.1, 0.15) is 43.0 Å². The lowest BCUT2D eigenvalue weighted by Crippen LogP contribution is -2.30. The summed E-state index contributed by atoms with van der Waals surface area (Å²) in [7, 11) is 0. The van der Waals surface area contributed by atoms with Crippen molar-refractivity contribution in [3.63, 3.8) is 0 Å². The first-order valence-corrected chi connectivity index (χ1v) is 6.88. The van der Waals surface area contributed by atoms with E-state index in [1.54, 1.807) is 11.5 Å². The van der Waals surface area contributed by atoms with E-state index in [0.29, 0.717) is 18.3 Å². The molecule has 0 atom stereocenters. The van der Waals surface area contributed by atoms with E-state index >= 15 is 0 Å². The van der Waals surface area contributed by atoms with Crippen molar-refractivity contribution >= 4 is 17.7 Å². The maximum absolute atomic E-state index is 11.9. The van der Waals surface area contributed by atoms with Crippen molar-refractivity contribution < 1.29 is 14.3 Å². The summed E-state index contributed by atoms with van der Waals surface area (Å²) in [4.78, 5) is 27.8. The molecule has 110 valence electrons. The molecule has 0 aromatic carbocycles. The zero-order valence-corrected chi connectivity index (χ0v) is 11.8. The highest BCUT2D eigenvalue weighted by atomic mass is 16.5. The number of nitrogens with one attached hydrogen (secondary N) is 1. The SMILES string of the molecule is CCOC(=O)c1nc(CC)n(CC(=O)NC2CC2)c1N. The Labute approximate surface area is 117 Å². The fraction of sp³-hybridized carbons (Fsp3) is 0.615. The van der Waals surface area contributed by atoms with E-state index in [2.05, 4.69) is 10.3 Å². The van der Waals surface area contributed by atoms with Gasteiger partial charge in [-0.25, -0.2) is 9.78 Å². The van der Waals surface area contributed by atoms with Crippen molar-refractivity contribution in [3.05, 3.63) is 11.5 Å². The molecule has 1 aromatic heterocycles. The Kier molecular flexibility index (Phi) is 4.26. The molecule has 1 aliphatic rings. The average molecular weight is 280 g/mol. The molecule has 1 heterocycles. The van der Waals surface area contributed by atoms with E-state index in [1.807, 2.05) is 6.92 Å². The van der Waals surface area contributed by atoms with Gasteiger partial charge in [0.2, 0.25) is 5.91 Å². The van der Waals surface area contributed by atoms with Crippen LogP contribution in [0, 0.1) is 0 Å². The maximum Gasteiger partial charge on any atom is 0.360 e. The smallest absolute Gasteiger partial charge is 0.360 e. The maximum atomic E-state index is 11.9. The highest BCUT2D eigenvalue weighted by Gasteiger charge is 2.25. The van der Waals surface area contributed by atoms with E-state index in [4.69, 9.17) is 10.5 Å². The molecular formula is C13H20N4O3. The molecule has 0 bridgehead atoms. The van der Waals surface area contributed by atoms with Crippen LogP contribution in [0.2, 0.25) is 0 Å². The quantitative estimate of drug-likeness (QED) is 0.738. The van der Waals surface area contributed by atoms with E-state index in [9.17, 15) is 9.59 Å². The van der Waals surface area contributed by atoms with Crippen molar-refractivity contribution in [2.45, 2.75) is 45.7 Å². The zero-order chi connectivity index (χ0) is 14.7. The molecule has 7 heteroatoms. The molecule has 2 rings (SSSR count). The summed E-state index contributed by atoms with van der Waals surface area (Å²) in [5, 5.41) is 2.89. The molecular weight excluding hydrogens is 260 g/mol. The van der Waals surface area contributed by atoms with E-state index in [1.165, 1.54) is 0 Å². The van der Waals surface area contributed by atoms with Crippen LogP contribution in [0.3, 0.4) is 0 Å². The average Bonchev–Trinajstić information content (AvgIpc) is 3.16. The second-order valence-electron chi connectivity index (χ2n) is 4.76. The molecule has 20 heavy (non-hydrogen) atoms. The third kappa shape index (κ3) is 3.09. The number of anilines is 1. The summed E-state index contributed by atoms with van der Waals surface area (Å²) in [5.41, 5.74) is 6.01. The standard InChI is InChI=1S/C13H20N4O3/c1-3-9-16-11(13(19)20-4-2)12(14)17(9)7-10(18)15-8-5-6-8/h8H,3-7,14H2,1-2H3,(H,15,18). The van der Waals surface area contributed by atoms with Gasteiger partial charge in [-0.1, -0.05) is 6.92 Å². The van der Waals surface area contributed by atoms with Crippen molar-refractivity contribution in [1.29, 1.82) is 0 Å². The summed E-state index contributed by atoms with van der Waals surface area (Å²) in [6, 6.07) is 0.293. The summed E-state index contributed by atoms with van der Waals surface area (Å²) in [6.45, 7) is 3.95. The van der Waals surface area contributed by atoms with Crippen LogP contribution >= 0.6 is 0 Å². The van der Waals surface area contributed by atoms with Gasteiger partial charge in [0, 0.05) is 12.5 Å². The van der Waals surface area contributed by atoms with Crippen LogP contribution in [0.15, 0.2) is 0 Å². The lowest BCUT2D eigenvalue weighted by atomic mass is 10.4. The third-order valence-corrected chi connectivity index (χ3v) is 3.12. The monoisotopic (exact) mass is 280 g/mol. The van der Waals surface area contributed by atoms with Gasteiger partial charge in [-0.05, 0) is 19.8 Å². The van der Waals surface area contributed by atoms with Gasteiger partial charge in [-0.3, -0.25) is 4.79 Å². The number of nitrogens with zero attached hydrogens (tertiary/aromatic N) is 2. The number of aryl methyl sites for hydroxylation is 1. The van der Waals surface area contributed by atoms with E-state index < -0.39 is 5.97 Å². The van der Waals surface area contributed by atoms with Crippen LogP contribution in [-0.2, 0) is 22.5 Å². The molecule has 0 radical (unpaired) electrons. The number of nitrogens with two attached hydrogens (primary N) is 1. The number of rotatable bonds is 6. The van der Waals surface area contributed by atoms with Gasteiger partial charge in [0.1, 0.15) is 18.2 Å². The highest BCUT2D eigenvalue weighted by molar-refractivity contribution is 5.92. The first-order chi connectivity index (χ1) is 9.56. The minimum absolute atomic E-state index is 0.0813. The van der Waals surface area contributed by atoms with Crippen LogP contribution in [0.5, 0.6) is 0 Å². The second kappa shape index (κ2) is 5.94. The number of ether oxygens (including phenoxy) is 1. The van der Waals surface area contributed by atoms with Crippen molar-refractivity contribution in [2.75, 3.05) is 12.3 Å². The number of nitrogen functional groups attached to an aromatic ring is 1. The van der Waals surface area contributed by atoms with Crippen molar-refractivity contribution in [1.82, 2.24) is 14.9 Å². The number of hydrogen-bond donors (Lipinski definition) is 2. The van der Waals surface area contributed by atoms with Crippen LogP contribution in [0.4, 0.5) is 5.82 Å². The number of imidazole rings is 1. The summed E-state index contributed by atoms with van der Waals surface area (Å²) in [5.74, 6) is 0.130. The Balaban J connectivity index is 2.17.